The van der Waals surface area contributed by atoms with Gasteiger partial charge in [-0.2, -0.15) is 0 Å². The highest BCUT2D eigenvalue weighted by molar-refractivity contribution is 5.27. The van der Waals surface area contributed by atoms with Gasteiger partial charge in [0.1, 0.15) is 30.6 Å². The fourth-order valence-corrected chi connectivity index (χ4v) is 1.89. The average molecular weight is 290 g/mol. The van der Waals surface area contributed by atoms with Gasteiger partial charge in [-0.15, -0.1) is 10.2 Å². The van der Waals surface area contributed by atoms with E-state index >= 15 is 0 Å². The monoisotopic (exact) mass is 290 g/mol. The van der Waals surface area contributed by atoms with E-state index in [1.54, 1.807) is 6.33 Å². The van der Waals surface area contributed by atoms with E-state index in [1.165, 1.54) is 5.56 Å². The van der Waals surface area contributed by atoms with Gasteiger partial charge < -0.3 is 19.7 Å². The number of benzene rings is 1. The number of nitrogens with zero attached hydrogens (tertiary/aromatic N) is 3. The molecule has 0 bridgehead atoms. The molecule has 0 aliphatic heterocycles. The van der Waals surface area contributed by atoms with Crippen molar-refractivity contribution in [1.82, 2.24) is 20.1 Å². The van der Waals surface area contributed by atoms with E-state index in [0.717, 1.165) is 18.0 Å². The molecule has 1 aromatic carbocycles. The van der Waals surface area contributed by atoms with E-state index in [0.29, 0.717) is 13.1 Å². The molecular formula is C15H22N4O2. The van der Waals surface area contributed by atoms with E-state index in [4.69, 9.17) is 4.74 Å². The lowest BCUT2D eigenvalue weighted by Gasteiger charge is -2.13. The fraction of sp³-hybridized carbons (Fsp3) is 0.467. The Morgan fingerprint density at radius 1 is 1.33 bits per heavy atom. The summed E-state index contributed by atoms with van der Waals surface area (Å²) in [6.07, 6.45) is 2.09. The van der Waals surface area contributed by atoms with Crippen LogP contribution in [0.15, 0.2) is 30.6 Å². The highest BCUT2D eigenvalue weighted by atomic mass is 16.5. The minimum absolute atomic E-state index is 0.261. The van der Waals surface area contributed by atoms with Crippen molar-refractivity contribution >= 4 is 0 Å². The van der Waals surface area contributed by atoms with Crippen LogP contribution in [-0.4, -0.2) is 39.1 Å². The first-order chi connectivity index (χ1) is 10.2. The minimum Gasteiger partial charge on any atom is -0.491 e. The number of rotatable bonds is 8. The summed E-state index contributed by atoms with van der Waals surface area (Å²) in [6, 6.07) is 7.93. The largest absolute Gasteiger partial charge is 0.491 e. The predicted octanol–water partition coefficient (Wildman–Crippen LogP) is 0.907. The molecule has 2 aromatic rings. The lowest BCUT2D eigenvalue weighted by molar-refractivity contribution is 0.106. The van der Waals surface area contributed by atoms with Gasteiger partial charge in [-0.1, -0.05) is 19.1 Å². The molecule has 0 saturated carbocycles. The summed E-state index contributed by atoms with van der Waals surface area (Å²) in [5, 5.41) is 20.8. The van der Waals surface area contributed by atoms with Crippen LogP contribution in [0.3, 0.4) is 0 Å². The Hall–Kier alpha value is -1.92. The van der Waals surface area contributed by atoms with Crippen LogP contribution in [0.2, 0.25) is 0 Å². The Bertz CT molecular complexity index is 539. The molecule has 0 aliphatic rings. The van der Waals surface area contributed by atoms with E-state index in [1.807, 2.05) is 35.9 Å². The van der Waals surface area contributed by atoms with Crippen LogP contribution in [-0.2, 0) is 20.0 Å². The SMILES string of the molecule is CCc1ccc(OCC(O)CNCc2nncn2C)cc1. The standard InChI is InChI=1S/C15H22N4O2/c1-3-12-4-6-14(7-5-12)21-10-13(20)8-16-9-15-18-17-11-19(15)2/h4-7,11,13,16,20H,3,8-10H2,1-2H3. The van der Waals surface area contributed by atoms with Crippen LogP contribution in [0.4, 0.5) is 0 Å². The Balaban J connectivity index is 1.67. The number of hydrogen-bond donors (Lipinski definition) is 2. The van der Waals surface area contributed by atoms with Gasteiger partial charge in [-0.05, 0) is 24.1 Å². The van der Waals surface area contributed by atoms with Crippen LogP contribution in [0.1, 0.15) is 18.3 Å². The third-order valence-corrected chi connectivity index (χ3v) is 3.24. The van der Waals surface area contributed by atoms with Gasteiger partial charge in [-0.3, -0.25) is 0 Å². The second-order valence-corrected chi connectivity index (χ2v) is 4.95. The topological polar surface area (TPSA) is 72.2 Å². The fourth-order valence-electron chi connectivity index (χ4n) is 1.89. The Kier molecular flexibility index (Phi) is 5.71. The zero-order valence-corrected chi connectivity index (χ0v) is 12.5. The van der Waals surface area contributed by atoms with Crippen molar-refractivity contribution in [1.29, 1.82) is 0 Å². The zero-order chi connectivity index (χ0) is 15.1. The number of ether oxygens (including phenoxy) is 1. The Morgan fingerprint density at radius 3 is 2.71 bits per heavy atom. The van der Waals surface area contributed by atoms with Gasteiger partial charge in [0.05, 0.1) is 6.54 Å². The van der Waals surface area contributed by atoms with E-state index in [-0.39, 0.29) is 6.61 Å². The van der Waals surface area contributed by atoms with Gasteiger partial charge in [0, 0.05) is 13.6 Å². The summed E-state index contributed by atoms with van der Waals surface area (Å²) < 4.78 is 7.39. The molecule has 0 spiro atoms. The molecule has 6 nitrogen and oxygen atoms in total. The van der Waals surface area contributed by atoms with Crippen molar-refractivity contribution in [3.8, 4) is 5.75 Å². The predicted molar refractivity (Wildman–Crippen MR) is 80.0 cm³/mol. The van der Waals surface area contributed by atoms with Crippen LogP contribution < -0.4 is 10.1 Å². The Morgan fingerprint density at radius 2 is 2.10 bits per heavy atom. The maximum absolute atomic E-state index is 9.88. The first-order valence-electron chi connectivity index (χ1n) is 7.12. The number of hydrogen-bond acceptors (Lipinski definition) is 5. The smallest absolute Gasteiger partial charge is 0.146 e. The number of aromatic nitrogens is 3. The number of aliphatic hydroxyl groups is 1. The zero-order valence-electron chi connectivity index (χ0n) is 12.5. The third-order valence-electron chi connectivity index (χ3n) is 3.24. The summed E-state index contributed by atoms with van der Waals surface area (Å²) >= 11 is 0. The maximum atomic E-state index is 9.88. The average Bonchev–Trinajstić information content (AvgIpc) is 2.91. The first kappa shape index (κ1) is 15.5. The molecule has 2 N–H and O–H groups in total. The number of aliphatic hydroxyl groups excluding tert-OH is 1. The van der Waals surface area contributed by atoms with Crippen molar-refractivity contribution in [3.05, 3.63) is 42.0 Å². The van der Waals surface area contributed by atoms with Gasteiger partial charge in [-0.25, -0.2) is 0 Å². The van der Waals surface area contributed by atoms with Gasteiger partial charge in [0.25, 0.3) is 0 Å². The molecule has 1 atom stereocenters. The highest BCUT2D eigenvalue weighted by Crippen LogP contribution is 2.12. The molecule has 1 heterocycles. The van der Waals surface area contributed by atoms with Crippen molar-refractivity contribution in [2.45, 2.75) is 26.0 Å². The molecule has 1 unspecified atom stereocenters. The van der Waals surface area contributed by atoms with Crippen molar-refractivity contribution < 1.29 is 9.84 Å². The quantitative estimate of drug-likeness (QED) is 0.756. The lowest BCUT2D eigenvalue weighted by atomic mass is 10.2. The Labute approximate surface area is 124 Å². The van der Waals surface area contributed by atoms with Gasteiger partial charge >= 0.3 is 0 Å². The van der Waals surface area contributed by atoms with Crippen molar-refractivity contribution in [3.63, 3.8) is 0 Å². The van der Waals surface area contributed by atoms with Crippen LogP contribution in [0.25, 0.3) is 0 Å². The molecule has 0 fully saturated rings. The molecular weight excluding hydrogens is 268 g/mol. The van der Waals surface area contributed by atoms with Gasteiger partial charge in [0.2, 0.25) is 0 Å². The summed E-state index contributed by atoms with van der Waals surface area (Å²) in [5.41, 5.74) is 1.27. The minimum atomic E-state index is -0.566. The molecule has 0 saturated heterocycles. The van der Waals surface area contributed by atoms with Crippen LogP contribution in [0, 0.1) is 0 Å². The molecule has 0 amide bonds. The maximum Gasteiger partial charge on any atom is 0.146 e. The second-order valence-electron chi connectivity index (χ2n) is 4.95. The normalized spacial score (nSPS) is 12.3. The summed E-state index contributed by atoms with van der Waals surface area (Å²) in [5.74, 6) is 1.61. The number of nitrogens with one attached hydrogen (secondary N) is 1. The molecule has 6 heteroatoms. The molecule has 0 radical (unpaired) electrons. The molecule has 2 rings (SSSR count). The third kappa shape index (κ3) is 4.84. The summed E-state index contributed by atoms with van der Waals surface area (Å²) in [7, 11) is 1.89. The summed E-state index contributed by atoms with van der Waals surface area (Å²) in [4.78, 5) is 0. The van der Waals surface area contributed by atoms with Crippen LogP contribution >= 0.6 is 0 Å². The molecule has 21 heavy (non-hydrogen) atoms. The first-order valence-corrected chi connectivity index (χ1v) is 7.12. The van der Waals surface area contributed by atoms with E-state index in [9.17, 15) is 5.11 Å². The van der Waals surface area contributed by atoms with Gasteiger partial charge in [0.15, 0.2) is 0 Å². The second kappa shape index (κ2) is 7.75. The van der Waals surface area contributed by atoms with Crippen molar-refractivity contribution in [2.24, 2.45) is 7.05 Å². The van der Waals surface area contributed by atoms with Crippen LogP contribution in [0.5, 0.6) is 5.75 Å². The van der Waals surface area contributed by atoms with E-state index in [2.05, 4.69) is 22.4 Å². The highest BCUT2D eigenvalue weighted by Gasteiger charge is 2.06. The van der Waals surface area contributed by atoms with E-state index < -0.39 is 6.10 Å². The number of aryl methyl sites for hydroxylation is 2. The molecule has 1 aromatic heterocycles. The molecule has 114 valence electrons. The lowest BCUT2D eigenvalue weighted by Crippen LogP contribution is -2.31. The van der Waals surface area contributed by atoms with Crippen molar-refractivity contribution in [2.75, 3.05) is 13.2 Å². The molecule has 0 aliphatic carbocycles. The summed E-state index contributed by atoms with van der Waals surface area (Å²) in [6.45, 7) is 3.39.